The van der Waals surface area contributed by atoms with Gasteiger partial charge in [-0.2, -0.15) is 0 Å². The molecule has 18 heavy (non-hydrogen) atoms. The smallest absolute Gasteiger partial charge is 0.317 e. The van der Waals surface area contributed by atoms with Crippen molar-refractivity contribution in [1.82, 2.24) is 15.2 Å². The lowest BCUT2D eigenvalue weighted by Gasteiger charge is -2.35. The van der Waals surface area contributed by atoms with E-state index in [0.29, 0.717) is 19.6 Å². The SMILES string of the molecule is CC1CN(C(=O)NCc2cccnc2)CC(C)O1. The van der Waals surface area contributed by atoms with Crippen LogP contribution in [-0.4, -0.2) is 41.2 Å². The summed E-state index contributed by atoms with van der Waals surface area (Å²) in [6.45, 7) is 5.76. The number of nitrogens with one attached hydrogen (secondary N) is 1. The Morgan fingerprint density at radius 1 is 1.50 bits per heavy atom. The van der Waals surface area contributed by atoms with Crippen LogP contribution >= 0.6 is 0 Å². The van der Waals surface area contributed by atoms with Crippen LogP contribution in [0.25, 0.3) is 0 Å². The average Bonchev–Trinajstić information content (AvgIpc) is 2.36. The summed E-state index contributed by atoms with van der Waals surface area (Å²) >= 11 is 0. The summed E-state index contributed by atoms with van der Waals surface area (Å²) in [7, 11) is 0. The number of carbonyl (C=O) groups is 1. The van der Waals surface area contributed by atoms with Gasteiger partial charge in [-0.25, -0.2) is 4.79 Å². The monoisotopic (exact) mass is 249 g/mol. The van der Waals surface area contributed by atoms with Crippen molar-refractivity contribution in [2.45, 2.75) is 32.6 Å². The van der Waals surface area contributed by atoms with Crippen molar-refractivity contribution < 1.29 is 9.53 Å². The molecule has 0 bridgehead atoms. The Morgan fingerprint density at radius 2 is 2.22 bits per heavy atom. The highest BCUT2D eigenvalue weighted by Crippen LogP contribution is 2.10. The van der Waals surface area contributed by atoms with E-state index >= 15 is 0 Å². The summed E-state index contributed by atoms with van der Waals surface area (Å²) < 4.78 is 5.60. The zero-order valence-electron chi connectivity index (χ0n) is 10.8. The van der Waals surface area contributed by atoms with Crippen molar-refractivity contribution in [3.63, 3.8) is 0 Å². The lowest BCUT2D eigenvalue weighted by molar-refractivity contribution is -0.0545. The third kappa shape index (κ3) is 3.43. The van der Waals surface area contributed by atoms with Gasteiger partial charge in [0, 0.05) is 32.0 Å². The second kappa shape index (κ2) is 5.82. The fraction of sp³-hybridized carbons (Fsp3) is 0.538. The van der Waals surface area contributed by atoms with Gasteiger partial charge in [0.15, 0.2) is 0 Å². The van der Waals surface area contributed by atoms with Crippen LogP contribution in [0.1, 0.15) is 19.4 Å². The van der Waals surface area contributed by atoms with Crippen LogP contribution in [-0.2, 0) is 11.3 Å². The molecule has 0 aliphatic carbocycles. The number of hydrogen-bond acceptors (Lipinski definition) is 3. The van der Waals surface area contributed by atoms with Crippen LogP contribution in [0.15, 0.2) is 24.5 Å². The minimum Gasteiger partial charge on any atom is -0.372 e. The standard InChI is InChI=1S/C13H19N3O2/c1-10-8-16(9-11(2)18-10)13(17)15-7-12-4-3-5-14-6-12/h3-6,10-11H,7-9H2,1-2H3,(H,15,17). The fourth-order valence-corrected chi connectivity index (χ4v) is 2.14. The number of morpholine rings is 1. The van der Waals surface area contributed by atoms with Gasteiger partial charge in [0.1, 0.15) is 0 Å². The number of carbonyl (C=O) groups excluding carboxylic acids is 1. The molecular weight excluding hydrogens is 230 g/mol. The topological polar surface area (TPSA) is 54.5 Å². The maximum Gasteiger partial charge on any atom is 0.317 e. The van der Waals surface area contributed by atoms with Crippen molar-refractivity contribution in [2.75, 3.05) is 13.1 Å². The van der Waals surface area contributed by atoms with Crippen molar-refractivity contribution in [2.24, 2.45) is 0 Å². The third-order valence-electron chi connectivity index (χ3n) is 2.87. The second-order valence-corrected chi connectivity index (χ2v) is 4.68. The molecule has 1 saturated heterocycles. The number of nitrogens with zero attached hydrogens (tertiary/aromatic N) is 2. The highest BCUT2D eigenvalue weighted by molar-refractivity contribution is 5.74. The predicted octanol–water partition coefficient (Wildman–Crippen LogP) is 1.40. The fourth-order valence-electron chi connectivity index (χ4n) is 2.14. The van der Waals surface area contributed by atoms with Gasteiger partial charge in [-0.1, -0.05) is 6.07 Å². The highest BCUT2D eigenvalue weighted by atomic mass is 16.5. The van der Waals surface area contributed by atoms with Gasteiger partial charge >= 0.3 is 6.03 Å². The molecule has 0 aromatic carbocycles. The predicted molar refractivity (Wildman–Crippen MR) is 68.1 cm³/mol. The normalized spacial score (nSPS) is 23.8. The van der Waals surface area contributed by atoms with Crippen molar-refractivity contribution >= 4 is 6.03 Å². The number of pyridine rings is 1. The number of rotatable bonds is 2. The molecule has 1 fully saturated rings. The molecule has 1 aliphatic heterocycles. The van der Waals surface area contributed by atoms with Gasteiger partial charge in [0.05, 0.1) is 12.2 Å². The van der Waals surface area contributed by atoms with Crippen LogP contribution < -0.4 is 5.32 Å². The van der Waals surface area contributed by atoms with Crippen LogP contribution in [0, 0.1) is 0 Å². The van der Waals surface area contributed by atoms with E-state index in [0.717, 1.165) is 5.56 Å². The molecule has 1 aromatic rings. The first-order valence-corrected chi connectivity index (χ1v) is 6.22. The molecule has 2 heterocycles. The molecule has 5 heteroatoms. The van der Waals surface area contributed by atoms with E-state index in [4.69, 9.17) is 4.74 Å². The van der Waals surface area contributed by atoms with E-state index in [-0.39, 0.29) is 18.2 Å². The molecule has 1 N–H and O–H groups in total. The number of aromatic nitrogens is 1. The Hall–Kier alpha value is -1.62. The summed E-state index contributed by atoms with van der Waals surface area (Å²) in [6.07, 6.45) is 3.66. The van der Waals surface area contributed by atoms with E-state index in [9.17, 15) is 4.79 Å². The van der Waals surface area contributed by atoms with Crippen molar-refractivity contribution in [1.29, 1.82) is 0 Å². The molecule has 2 rings (SSSR count). The molecule has 1 aliphatic rings. The zero-order chi connectivity index (χ0) is 13.0. The Balaban J connectivity index is 1.84. The molecule has 2 atom stereocenters. The first kappa shape index (κ1) is 12.8. The van der Waals surface area contributed by atoms with Crippen LogP contribution in [0.3, 0.4) is 0 Å². The number of hydrogen-bond donors (Lipinski definition) is 1. The molecule has 0 radical (unpaired) electrons. The maximum atomic E-state index is 12.0. The third-order valence-corrected chi connectivity index (χ3v) is 2.87. The number of amides is 2. The van der Waals surface area contributed by atoms with Crippen LogP contribution in [0.4, 0.5) is 4.79 Å². The molecular formula is C13H19N3O2. The van der Waals surface area contributed by atoms with Crippen molar-refractivity contribution in [3.05, 3.63) is 30.1 Å². The Morgan fingerprint density at radius 3 is 2.83 bits per heavy atom. The van der Waals surface area contributed by atoms with E-state index in [1.54, 1.807) is 17.3 Å². The summed E-state index contributed by atoms with van der Waals surface area (Å²) in [6, 6.07) is 3.76. The lowest BCUT2D eigenvalue weighted by atomic mass is 10.2. The van der Waals surface area contributed by atoms with Gasteiger partial charge in [-0.05, 0) is 25.5 Å². The molecule has 0 spiro atoms. The minimum atomic E-state index is -0.0409. The highest BCUT2D eigenvalue weighted by Gasteiger charge is 2.25. The largest absolute Gasteiger partial charge is 0.372 e. The van der Waals surface area contributed by atoms with Gasteiger partial charge in [-0.15, -0.1) is 0 Å². The van der Waals surface area contributed by atoms with Gasteiger partial charge in [-0.3, -0.25) is 4.98 Å². The van der Waals surface area contributed by atoms with Gasteiger partial charge in [0.2, 0.25) is 0 Å². The minimum absolute atomic E-state index is 0.0409. The van der Waals surface area contributed by atoms with Crippen LogP contribution in [0.2, 0.25) is 0 Å². The zero-order valence-corrected chi connectivity index (χ0v) is 10.8. The Labute approximate surface area is 107 Å². The Bertz CT molecular complexity index is 386. The molecule has 5 nitrogen and oxygen atoms in total. The molecule has 0 saturated carbocycles. The van der Waals surface area contributed by atoms with Gasteiger partial charge < -0.3 is 15.0 Å². The Kier molecular flexibility index (Phi) is 4.15. The quantitative estimate of drug-likeness (QED) is 0.862. The average molecular weight is 249 g/mol. The molecule has 2 unspecified atom stereocenters. The summed E-state index contributed by atoms with van der Waals surface area (Å²) in [5.41, 5.74) is 1.00. The van der Waals surface area contributed by atoms with Gasteiger partial charge in [0.25, 0.3) is 0 Å². The van der Waals surface area contributed by atoms with E-state index in [1.807, 2.05) is 26.0 Å². The van der Waals surface area contributed by atoms with E-state index < -0.39 is 0 Å². The summed E-state index contributed by atoms with van der Waals surface area (Å²) in [5.74, 6) is 0. The first-order valence-electron chi connectivity index (χ1n) is 6.22. The molecule has 2 amide bonds. The van der Waals surface area contributed by atoms with Crippen LogP contribution in [0.5, 0.6) is 0 Å². The number of ether oxygens (including phenoxy) is 1. The molecule has 98 valence electrons. The second-order valence-electron chi connectivity index (χ2n) is 4.68. The number of urea groups is 1. The molecule has 1 aromatic heterocycles. The summed E-state index contributed by atoms with van der Waals surface area (Å²) in [5, 5.41) is 2.90. The summed E-state index contributed by atoms with van der Waals surface area (Å²) in [4.78, 5) is 17.8. The van der Waals surface area contributed by atoms with Crippen molar-refractivity contribution in [3.8, 4) is 0 Å². The first-order chi connectivity index (χ1) is 8.65. The lowest BCUT2D eigenvalue weighted by Crippen LogP contribution is -2.51. The van der Waals surface area contributed by atoms with E-state index in [2.05, 4.69) is 10.3 Å². The van der Waals surface area contributed by atoms with E-state index in [1.165, 1.54) is 0 Å². The maximum absolute atomic E-state index is 12.0.